The summed E-state index contributed by atoms with van der Waals surface area (Å²) in [6, 6.07) is 18.8. The van der Waals surface area contributed by atoms with Crippen molar-refractivity contribution in [2.24, 2.45) is 0 Å². The molecule has 0 aliphatic carbocycles. The number of aromatic nitrogens is 1. The quantitative estimate of drug-likeness (QED) is 0.319. The van der Waals surface area contributed by atoms with Crippen molar-refractivity contribution < 1.29 is 18.8 Å². The van der Waals surface area contributed by atoms with E-state index in [0.717, 1.165) is 10.5 Å². The molecule has 3 aromatic carbocycles. The molecular formula is C23H15BrClFN4O3. The van der Waals surface area contributed by atoms with Crippen molar-refractivity contribution in [1.82, 2.24) is 4.68 Å². The SMILES string of the molecule is O=C(Nc1ccccc1F)C(=O)Nn1c(C(=O)Nc2cccc(Cl)c2)cc2cc(Br)ccc21. The van der Waals surface area contributed by atoms with Crippen LogP contribution in [0.5, 0.6) is 0 Å². The van der Waals surface area contributed by atoms with Gasteiger partial charge < -0.3 is 10.6 Å². The van der Waals surface area contributed by atoms with Crippen LogP contribution in [0.2, 0.25) is 5.02 Å². The van der Waals surface area contributed by atoms with E-state index in [9.17, 15) is 18.8 Å². The van der Waals surface area contributed by atoms with Crippen molar-refractivity contribution in [3.63, 3.8) is 0 Å². The summed E-state index contributed by atoms with van der Waals surface area (Å²) in [6.07, 6.45) is 0. The first kappa shape index (κ1) is 22.5. The fraction of sp³-hybridized carbons (Fsp3) is 0. The number of amides is 3. The van der Waals surface area contributed by atoms with Gasteiger partial charge >= 0.3 is 11.8 Å². The van der Waals surface area contributed by atoms with Crippen LogP contribution in [0.4, 0.5) is 15.8 Å². The Morgan fingerprint density at radius 1 is 0.879 bits per heavy atom. The Morgan fingerprint density at radius 3 is 2.42 bits per heavy atom. The number of nitrogens with one attached hydrogen (secondary N) is 3. The highest BCUT2D eigenvalue weighted by Gasteiger charge is 2.22. The van der Waals surface area contributed by atoms with Crippen LogP contribution in [0, 0.1) is 5.82 Å². The summed E-state index contributed by atoms with van der Waals surface area (Å²) in [5, 5.41) is 5.99. The fourth-order valence-corrected chi connectivity index (χ4v) is 3.70. The second-order valence-electron chi connectivity index (χ2n) is 6.91. The van der Waals surface area contributed by atoms with Gasteiger partial charge in [-0.15, -0.1) is 0 Å². The Hall–Kier alpha value is -3.69. The lowest BCUT2D eigenvalue weighted by Crippen LogP contribution is -2.36. The number of halogens is 3. The minimum atomic E-state index is -1.10. The second-order valence-corrected chi connectivity index (χ2v) is 8.26. The summed E-state index contributed by atoms with van der Waals surface area (Å²) in [5.74, 6) is -3.41. The first-order valence-electron chi connectivity index (χ1n) is 9.56. The van der Waals surface area contributed by atoms with Gasteiger partial charge in [-0.25, -0.2) is 9.07 Å². The van der Waals surface area contributed by atoms with Crippen LogP contribution in [-0.2, 0) is 9.59 Å². The van der Waals surface area contributed by atoms with Crippen LogP contribution in [0.1, 0.15) is 10.5 Å². The van der Waals surface area contributed by atoms with Crippen molar-refractivity contribution >= 4 is 67.5 Å². The Balaban J connectivity index is 1.64. The monoisotopic (exact) mass is 528 g/mol. The number of anilines is 2. The van der Waals surface area contributed by atoms with Crippen LogP contribution >= 0.6 is 27.5 Å². The van der Waals surface area contributed by atoms with E-state index in [1.54, 1.807) is 48.5 Å². The van der Waals surface area contributed by atoms with Crippen molar-refractivity contribution in [3.05, 3.63) is 93.8 Å². The Morgan fingerprint density at radius 2 is 1.67 bits per heavy atom. The van der Waals surface area contributed by atoms with E-state index in [2.05, 4.69) is 32.0 Å². The van der Waals surface area contributed by atoms with Crippen molar-refractivity contribution in [1.29, 1.82) is 0 Å². The summed E-state index contributed by atoms with van der Waals surface area (Å²) < 4.78 is 15.8. The molecule has 166 valence electrons. The third-order valence-corrected chi connectivity index (χ3v) is 5.35. The first-order valence-corrected chi connectivity index (χ1v) is 10.7. The number of hydrogen-bond acceptors (Lipinski definition) is 3. The van der Waals surface area contributed by atoms with E-state index in [1.807, 2.05) is 0 Å². The molecule has 0 fully saturated rings. The predicted octanol–water partition coefficient (Wildman–Crippen LogP) is 5.16. The van der Waals surface area contributed by atoms with Gasteiger partial charge in [0.25, 0.3) is 5.91 Å². The van der Waals surface area contributed by atoms with E-state index < -0.39 is 23.5 Å². The summed E-state index contributed by atoms with van der Waals surface area (Å²) in [6.45, 7) is 0. The minimum absolute atomic E-state index is 0.0649. The van der Waals surface area contributed by atoms with Gasteiger partial charge in [-0.1, -0.05) is 45.7 Å². The van der Waals surface area contributed by atoms with E-state index in [4.69, 9.17) is 11.6 Å². The van der Waals surface area contributed by atoms with E-state index in [0.29, 0.717) is 21.6 Å². The second kappa shape index (κ2) is 9.43. The summed E-state index contributed by atoms with van der Waals surface area (Å²) in [7, 11) is 0. The van der Waals surface area contributed by atoms with Crippen molar-refractivity contribution in [3.8, 4) is 0 Å². The minimum Gasteiger partial charge on any atom is -0.321 e. The lowest BCUT2D eigenvalue weighted by molar-refractivity contribution is -0.133. The molecule has 1 aromatic heterocycles. The van der Waals surface area contributed by atoms with E-state index in [-0.39, 0.29) is 11.4 Å². The molecule has 0 radical (unpaired) electrons. The van der Waals surface area contributed by atoms with Gasteiger partial charge in [0.15, 0.2) is 0 Å². The third-order valence-electron chi connectivity index (χ3n) is 4.62. The summed E-state index contributed by atoms with van der Waals surface area (Å²) >= 11 is 9.35. The summed E-state index contributed by atoms with van der Waals surface area (Å²) in [4.78, 5) is 38.0. The topological polar surface area (TPSA) is 92.2 Å². The summed E-state index contributed by atoms with van der Waals surface area (Å²) in [5.41, 5.74) is 3.26. The number of rotatable bonds is 4. The molecule has 10 heteroatoms. The zero-order chi connectivity index (χ0) is 23.5. The fourth-order valence-electron chi connectivity index (χ4n) is 3.13. The van der Waals surface area contributed by atoms with Gasteiger partial charge in [0.2, 0.25) is 0 Å². The average molecular weight is 530 g/mol. The molecule has 1 heterocycles. The van der Waals surface area contributed by atoms with Gasteiger partial charge in [0.1, 0.15) is 11.5 Å². The number of carbonyl (C=O) groups is 3. The molecule has 4 rings (SSSR count). The number of para-hydroxylation sites is 1. The number of benzene rings is 3. The maximum absolute atomic E-state index is 13.8. The molecule has 7 nitrogen and oxygen atoms in total. The highest BCUT2D eigenvalue weighted by molar-refractivity contribution is 9.10. The first-order chi connectivity index (χ1) is 15.8. The smallest absolute Gasteiger partial charge is 0.321 e. The predicted molar refractivity (Wildman–Crippen MR) is 128 cm³/mol. The number of fused-ring (bicyclic) bond motifs is 1. The zero-order valence-electron chi connectivity index (χ0n) is 16.7. The lowest BCUT2D eigenvalue weighted by Gasteiger charge is -2.13. The number of nitrogens with zero attached hydrogens (tertiary/aromatic N) is 1. The Kier molecular flexibility index (Phi) is 6.43. The van der Waals surface area contributed by atoms with Crippen LogP contribution < -0.4 is 16.1 Å². The molecule has 0 bridgehead atoms. The van der Waals surface area contributed by atoms with Gasteiger partial charge in [-0.2, -0.15) is 0 Å². The van der Waals surface area contributed by atoms with Crippen molar-refractivity contribution in [2.75, 3.05) is 16.1 Å². The lowest BCUT2D eigenvalue weighted by atomic mass is 10.2. The van der Waals surface area contributed by atoms with Crippen LogP contribution in [0.15, 0.2) is 77.3 Å². The molecule has 0 aliphatic rings. The molecule has 0 aliphatic heterocycles. The molecular weight excluding hydrogens is 515 g/mol. The number of carbonyl (C=O) groups excluding carboxylic acids is 3. The van der Waals surface area contributed by atoms with Crippen LogP contribution in [0.3, 0.4) is 0 Å². The largest absolute Gasteiger partial charge is 0.328 e. The molecule has 33 heavy (non-hydrogen) atoms. The molecule has 0 unspecified atom stereocenters. The van der Waals surface area contributed by atoms with Crippen LogP contribution in [0.25, 0.3) is 10.9 Å². The van der Waals surface area contributed by atoms with Gasteiger partial charge in [0, 0.05) is 20.6 Å². The van der Waals surface area contributed by atoms with E-state index in [1.165, 1.54) is 22.9 Å². The van der Waals surface area contributed by atoms with E-state index >= 15 is 0 Å². The molecule has 0 atom stereocenters. The highest BCUT2D eigenvalue weighted by atomic mass is 79.9. The Bertz CT molecular complexity index is 1410. The van der Waals surface area contributed by atoms with Crippen molar-refractivity contribution in [2.45, 2.75) is 0 Å². The Labute approximate surface area is 200 Å². The highest BCUT2D eigenvalue weighted by Crippen LogP contribution is 2.24. The number of hydrogen-bond donors (Lipinski definition) is 3. The van der Waals surface area contributed by atoms with Gasteiger partial charge in [0.05, 0.1) is 11.2 Å². The molecule has 3 amide bonds. The average Bonchev–Trinajstić information content (AvgIpc) is 3.12. The zero-order valence-corrected chi connectivity index (χ0v) is 19.1. The third kappa shape index (κ3) is 5.05. The standard InChI is InChI=1S/C23H15BrClFN4O3/c24-14-8-9-19-13(10-14)11-20(21(31)27-16-5-3-4-15(25)12-16)30(19)29-23(33)22(32)28-18-7-2-1-6-17(18)26/h1-12H,(H,27,31)(H,28,32)(H,29,33). The van der Waals surface area contributed by atoms with Crippen LogP contribution in [-0.4, -0.2) is 22.4 Å². The van der Waals surface area contributed by atoms with Gasteiger partial charge in [-0.05, 0) is 54.6 Å². The molecule has 0 spiro atoms. The normalized spacial score (nSPS) is 10.6. The molecule has 0 saturated carbocycles. The molecule has 3 N–H and O–H groups in total. The molecule has 0 saturated heterocycles. The van der Waals surface area contributed by atoms with Gasteiger partial charge in [-0.3, -0.25) is 19.8 Å². The molecule has 4 aromatic rings. The maximum atomic E-state index is 13.8. The maximum Gasteiger partial charge on any atom is 0.328 e.